The molecule has 0 saturated carbocycles. The van der Waals surface area contributed by atoms with Gasteiger partial charge in [-0.05, 0) is 43.0 Å². The van der Waals surface area contributed by atoms with Gasteiger partial charge in [-0.1, -0.05) is 30.2 Å². The van der Waals surface area contributed by atoms with E-state index in [1.165, 1.54) is 31.4 Å². The van der Waals surface area contributed by atoms with Gasteiger partial charge in [0.1, 0.15) is 0 Å². The third kappa shape index (κ3) is 2.49. The van der Waals surface area contributed by atoms with Gasteiger partial charge in [0.2, 0.25) is 0 Å². The third-order valence-electron chi connectivity index (χ3n) is 2.89. The molecule has 0 aliphatic carbocycles. The van der Waals surface area contributed by atoms with Gasteiger partial charge < -0.3 is 5.32 Å². The van der Waals surface area contributed by atoms with Crippen LogP contribution in [0.3, 0.4) is 0 Å². The molecule has 0 spiro atoms. The van der Waals surface area contributed by atoms with Gasteiger partial charge in [0.15, 0.2) is 0 Å². The fraction of sp³-hybridized carbons (Fsp3) is 0.500. The highest BCUT2D eigenvalue weighted by atomic mass is 35.5. The van der Waals surface area contributed by atoms with Gasteiger partial charge in [-0.2, -0.15) is 0 Å². The Morgan fingerprint density at radius 1 is 1.14 bits per heavy atom. The van der Waals surface area contributed by atoms with Crippen LogP contribution in [0.2, 0.25) is 5.02 Å². The number of benzene rings is 1. The second-order valence-corrected chi connectivity index (χ2v) is 4.38. The molecule has 0 amide bonds. The lowest BCUT2D eigenvalue weighted by Crippen LogP contribution is -2.19. The summed E-state index contributed by atoms with van der Waals surface area (Å²) in [6.07, 6.45) is 3.94. The van der Waals surface area contributed by atoms with Crippen molar-refractivity contribution in [2.75, 3.05) is 13.1 Å². The molecule has 1 aliphatic rings. The highest BCUT2D eigenvalue weighted by Gasteiger charge is 2.13. The minimum absolute atomic E-state index is 0.676. The van der Waals surface area contributed by atoms with Crippen molar-refractivity contribution in [3.63, 3.8) is 0 Å². The summed E-state index contributed by atoms with van der Waals surface area (Å²) in [5.74, 6) is 0.676. The van der Waals surface area contributed by atoms with Crippen molar-refractivity contribution in [2.24, 2.45) is 0 Å². The van der Waals surface area contributed by atoms with Gasteiger partial charge in [-0.25, -0.2) is 0 Å². The van der Waals surface area contributed by atoms with Crippen molar-refractivity contribution in [1.29, 1.82) is 0 Å². The SMILES string of the molecule is Clc1ccc(C2CCCCNC2)cc1. The van der Waals surface area contributed by atoms with Crippen LogP contribution in [-0.2, 0) is 0 Å². The minimum Gasteiger partial charge on any atom is -0.316 e. The predicted molar refractivity (Wildman–Crippen MR) is 60.9 cm³/mol. The van der Waals surface area contributed by atoms with Gasteiger partial charge in [-0.3, -0.25) is 0 Å². The Balaban J connectivity index is 2.08. The zero-order valence-corrected chi connectivity index (χ0v) is 9.06. The Hall–Kier alpha value is -0.530. The van der Waals surface area contributed by atoms with E-state index in [0.29, 0.717) is 5.92 Å². The van der Waals surface area contributed by atoms with Crippen LogP contribution in [-0.4, -0.2) is 13.1 Å². The molecule has 1 unspecified atom stereocenters. The number of nitrogens with one attached hydrogen (secondary N) is 1. The molecule has 1 saturated heterocycles. The lowest BCUT2D eigenvalue weighted by Gasteiger charge is -2.14. The first-order chi connectivity index (χ1) is 6.86. The van der Waals surface area contributed by atoms with Crippen LogP contribution >= 0.6 is 11.6 Å². The lowest BCUT2D eigenvalue weighted by atomic mass is 9.95. The van der Waals surface area contributed by atoms with Crippen LogP contribution in [0.4, 0.5) is 0 Å². The Bertz CT molecular complexity index is 273. The van der Waals surface area contributed by atoms with Gasteiger partial charge in [-0.15, -0.1) is 0 Å². The maximum atomic E-state index is 5.87. The zero-order valence-electron chi connectivity index (χ0n) is 8.30. The fourth-order valence-electron chi connectivity index (χ4n) is 2.04. The first kappa shape index (κ1) is 10.0. The quantitative estimate of drug-likeness (QED) is 0.749. The van der Waals surface area contributed by atoms with Crippen LogP contribution in [0.15, 0.2) is 24.3 Å². The van der Waals surface area contributed by atoms with E-state index in [4.69, 9.17) is 11.6 Å². The summed E-state index contributed by atoms with van der Waals surface area (Å²) >= 11 is 5.87. The Kier molecular flexibility index (Phi) is 3.44. The second kappa shape index (κ2) is 4.81. The average molecular weight is 210 g/mol. The molecular formula is C12H16ClN. The van der Waals surface area contributed by atoms with Crippen LogP contribution in [0.25, 0.3) is 0 Å². The maximum Gasteiger partial charge on any atom is 0.0406 e. The molecule has 2 heteroatoms. The third-order valence-corrected chi connectivity index (χ3v) is 3.14. The van der Waals surface area contributed by atoms with Gasteiger partial charge in [0, 0.05) is 11.6 Å². The van der Waals surface area contributed by atoms with Crippen molar-refractivity contribution in [2.45, 2.75) is 25.2 Å². The molecule has 1 atom stereocenters. The molecule has 1 fully saturated rings. The summed E-state index contributed by atoms with van der Waals surface area (Å²) in [5.41, 5.74) is 1.42. The Morgan fingerprint density at radius 2 is 1.93 bits per heavy atom. The highest BCUT2D eigenvalue weighted by Crippen LogP contribution is 2.24. The van der Waals surface area contributed by atoms with Gasteiger partial charge in [0.25, 0.3) is 0 Å². The average Bonchev–Trinajstić information content (AvgIpc) is 2.47. The summed E-state index contributed by atoms with van der Waals surface area (Å²) in [7, 11) is 0. The van der Waals surface area contributed by atoms with Crippen molar-refractivity contribution in [3.8, 4) is 0 Å². The smallest absolute Gasteiger partial charge is 0.0406 e. The number of hydrogen-bond donors (Lipinski definition) is 1. The summed E-state index contributed by atoms with van der Waals surface area (Å²) in [6, 6.07) is 8.28. The Labute approximate surface area is 90.5 Å². The summed E-state index contributed by atoms with van der Waals surface area (Å²) in [5, 5.41) is 4.31. The Morgan fingerprint density at radius 3 is 2.71 bits per heavy atom. The monoisotopic (exact) mass is 209 g/mol. The maximum absolute atomic E-state index is 5.87. The van der Waals surface area contributed by atoms with Crippen LogP contribution in [0.5, 0.6) is 0 Å². The summed E-state index contributed by atoms with van der Waals surface area (Å²) in [4.78, 5) is 0. The first-order valence-corrected chi connectivity index (χ1v) is 5.70. The topological polar surface area (TPSA) is 12.0 Å². The second-order valence-electron chi connectivity index (χ2n) is 3.95. The van der Waals surface area contributed by atoms with Crippen molar-refractivity contribution >= 4 is 11.6 Å². The molecule has 0 aromatic heterocycles. The van der Waals surface area contributed by atoms with E-state index in [1.54, 1.807) is 0 Å². The lowest BCUT2D eigenvalue weighted by molar-refractivity contribution is 0.610. The zero-order chi connectivity index (χ0) is 9.80. The molecule has 0 radical (unpaired) electrons. The van der Waals surface area contributed by atoms with Crippen LogP contribution in [0, 0.1) is 0 Å². The van der Waals surface area contributed by atoms with Crippen molar-refractivity contribution in [3.05, 3.63) is 34.9 Å². The molecule has 76 valence electrons. The standard InChI is InChI=1S/C12H16ClN/c13-12-6-4-10(5-7-12)11-3-1-2-8-14-9-11/h4-7,11,14H,1-3,8-9H2. The van der Waals surface area contributed by atoms with E-state index in [2.05, 4.69) is 17.4 Å². The van der Waals surface area contributed by atoms with E-state index in [9.17, 15) is 0 Å². The first-order valence-electron chi connectivity index (χ1n) is 5.32. The minimum atomic E-state index is 0.676. The summed E-state index contributed by atoms with van der Waals surface area (Å²) in [6.45, 7) is 2.28. The molecule has 1 aromatic carbocycles. The highest BCUT2D eigenvalue weighted by molar-refractivity contribution is 6.30. The van der Waals surface area contributed by atoms with E-state index < -0.39 is 0 Å². The molecule has 0 bridgehead atoms. The number of hydrogen-bond acceptors (Lipinski definition) is 1. The predicted octanol–water partition coefficient (Wildman–Crippen LogP) is 3.20. The molecule has 1 heterocycles. The molecule has 1 aliphatic heterocycles. The summed E-state index contributed by atoms with van der Waals surface area (Å²) < 4.78 is 0. The molecular weight excluding hydrogens is 194 g/mol. The molecule has 14 heavy (non-hydrogen) atoms. The number of rotatable bonds is 1. The molecule has 1 N–H and O–H groups in total. The molecule has 1 aromatic rings. The van der Waals surface area contributed by atoms with Crippen molar-refractivity contribution in [1.82, 2.24) is 5.32 Å². The normalized spacial score (nSPS) is 23.1. The molecule has 1 nitrogen and oxygen atoms in total. The van der Waals surface area contributed by atoms with Gasteiger partial charge in [0.05, 0.1) is 0 Å². The fourth-order valence-corrected chi connectivity index (χ4v) is 2.16. The van der Waals surface area contributed by atoms with Crippen LogP contribution < -0.4 is 5.32 Å². The molecule has 2 rings (SSSR count). The van der Waals surface area contributed by atoms with Crippen LogP contribution in [0.1, 0.15) is 30.7 Å². The number of halogens is 1. The van der Waals surface area contributed by atoms with Gasteiger partial charge >= 0.3 is 0 Å². The van der Waals surface area contributed by atoms with E-state index >= 15 is 0 Å². The van der Waals surface area contributed by atoms with E-state index in [1.807, 2.05) is 12.1 Å². The van der Waals surface area contributed by atoms with Crippen molar-refractivity contribution < 1.29 is 0 Å². The van der Waals surface area contributed by atoms with E-state index in [-0.39, 0.29) is 0 Å². The van der Waals surface area contributed by atoms with E-state index in [0.717, 1.165) is 11.6 Å². The largest absolute Gasteiger partial charge is 0.316 e.